The van der Waals surface area contributed by atoms with Crippen LogP contribution in [0.25, 0.3) is 21.9 Å². The molecule has 0 bridgehead atoms. The van der Waals surface area contributed by atoms with E-state index in [1.165, 1.54) is 11.1 Å². The number of nitrogens with zero attached hydrogens (tertiary/aromatic N) is 3. The summed E-state index contributed by atoms with van der Waals surface area (Å²) in [5.41, 5.74) is 12.5. The summed E-state index contributed by atoms with van der Waals surface area (Å²) in [6.45, 7) is 4.60. The van der Waals surface area contributed by atoms with Crippen molar-refractivity contribution in [3.8, 4) is 0 Å². The Morgan fingerprint density at radius 1 is 1.16 bits per heavy atom. The van der Waals surface area contributed by atoms with E-state index in [1.807, 2.05) is 13.1 Å². The molecule has 0 aliphatic heterocycles. The second-order valence-electron chi connectivity index (χ2n) is 9.23. The molecule has 1 atom stereocenters. The van der Waals surface area contributed by atoms with Crippen LogP contribution in [0.5, 0.6) is 0 Å². The van der Waals surface area contributed by atoms with Crippen LogP contribution < -0.4 is 11.4 Å². The van der Waals surface area contributed by atoms with Gasteiger partial charge < -0.3 is 15.4 Å². The Kier molecular flexibility index (Phi) is 4.65. The maximum Gasteiger partial charge on any atom is 0.329 e. The molecule has 1 saturated carbocycles. The van der Waals surface area contributed by atoms with Gasteiger partial charge in [0.25, 0.3) is 0 Å². The lowest BCUT2D eigenvalue weighted by molar-refractivity contribution is -0.138. The van der Waals surface area contributed by atoms with Crippen LogP contribution >= 0.6 is 0 Å². The zero-order chi connectivity index (χ0) is 22.7. The first-order chi connectivity index (χ1) is 15.2. The molecule has 0 spiro atoms. The highest BCUT2D eigenvalue weighted by Crippen LogP contribution is 2.42. The normalized spacial score (nSPS) is 15.0. The van der Waals surface area contributed by atoms with Gasteiger partial charge in [0.1, 0.15) is 0 Å². The number of carbonyl (C=O) groups is 1. The van der Waals surface area contributed by atoms with Gasteiger partial charge in [-0.2, -0.15) is 0 Å². The number of aliphatic carboxylic acids is 1. The van der Waals surface area contributed by atoms with Gasteiger partial charge in [0.2, 0.25) is 0 Å². The molecule has 2 aromatic heterocycles. The maximum atomic E-state index is 13.7. The summed E-state index contributed by atoms with van der Waals surface area (Å²) in [4.78, 5) is 25.3. The number of hydrogen-bond acceptors (Lipinski definition) is 3. The number of rotatable bonds is 6. The predicted octanol–water partition coefficient (Wildman–Crippen LogP) is 3.97. The number of aryl methyl sites for hydroxylation is 3. The van der Waals surface area contributed by atoms with Crippen molar-refractivity contribution in [2.45, 2.75) is 45.7 Å². The van der Waals surface area contributed by atoms with Gasteiger partial charge in [-0.1, -0.05) is 6.07 Å². The summed E-state index contributed by atoms with van der Waals surface area (Å²) in [6.07, 6.45) is 3.91. The smallest absolute Gasteiger partial charge is 0.329 e. The number of carboxylic acid groups (broad SMARTS) is 1. The Morgan fingerprint density at radius 2 is 1.91 bits per heavy atom. The summed E-state index contributed by atoms with van der Waals surface area (Å²) in [5, 5.41) is 10.7. The molecule has 0 saturated heterocycles. The molecule has 1 fully saturated rings. The van der Waals surface area contributed by atoms with Gasteiger partial charge in [0.05, 0.1) is 30.0 Å². The van der Waals surface area contributed by atoms with Gasteiger partial charge in [0.15, 0.2) is 0 Å². The minimum atomic E-state index is -0.890. The van der Waals surface area contributed by atoms with Crippen molar-refractivity contribution in [1.29, 1.82) is 0 Å². The molecule has 1 unspecified atom stereocenters. The Labute approximate surface area is 185 Å². The number of imidazole rings is 1. The van der Waals surface area contributed by atoms with E-state index in [1.54, 1.807) is 21.3 Å². The van der Waals surface area contributed by atoms with Crippen molar-refractivity contribution in [3.05, 3.63) is 63.7 Å². The molecule has 2 heterocycles. The molecule has 3 N–H and O–H groups in total. The third-order valence-electron chi connectivity index (χ3n) is 6.71. The summed E-state index contributed by atoms with van der Waals surface area (Å²) >= 11 is 0. The zero-order valence-electron chi connectivity index (χ0n) is 18.6. The molecule has 1 aliphatic rings. The van der Waals surface area contributed by atoms with Gasteiger partial charge in [-0.3, -0.25) is 13.9 Å². The Bertz CT molecular complexity index is 1440. The maximum absolute atomic E-state index is 13.7. The monoisotopic (exact) mass is 432 g/mol. The molecule has 2 aromatic carbocycles. The third kappa shape index (κ3) is 3.28. The van der Waals surface area contributed by atoms with Crippen LogP contribution in [0.3, 0.4) is 0 Å². The summed E-state index contributed by atoms with van der Waals surface area (Å²) in [7, 11) is 2.02. The fraction of sp³-hybridized carbons (Fsp3) is 0.360. The number of nitrogens with two attached hydrogens (primary N) is 1. The van der Waals surface area contributed by atoms with E-state index < -0.39 is 5.97 Å². The van der Waals surface area contributed by atoms with E-state index >= 15 is 0 Å². The molecule has 166 valence electrons. The van der Waals surface area contributed by atoms with Crippen LogP contribution in [0.15, 0.2) is 41.3 Å². The van der Waals surface area contributed by atoms with Gasteiger partial charge >= 0.3 is 11.7 Å². The van der Waals surface area contributed by atoms with E-state index in [2.05, 4.69) is 36.7 Å². The lowest BCUT2D eigenvalue weighted by Crippen LogP contribution is -2.30. The van der Waals surface area contributed by atoms with Crippen LogP contribution in [-0.2, 0) is 18.4 Å². The number of hydrogen-bond donors (Lipinski definition) is 2. The first kappa shape index (κ1) is 20.4. The SMILES string of the molecule is Cc1cc(C)c2c(Cn3c(=O)n(C(CC(=O)O)C4CC4)c4cc(N)ccc43)cn(C)c2c1. The molecule has 0 amide bonds. The Balaban J connectivity index is 1.71. The highest BCUT2D eigenvalue weighted by Gasteiger charge is 2.36. The highest BCUT2D eigenvalue weighted by molar-refractivity contribution is 5.88. The van der Waals surface area contributed by atoms with Crippen molar-refractivity contribution in [1.82, 2.24) is 13.7 Å². The molecule has 0 radical (unpaired) electrons. The average Bonchev–Trinajstić information content (AvgIpc) is 3.46. The van der Waals surface area contributed by atoms with E-state index in [-0.39, 0.29) is 24.1 Å². The second kappa shape index (κ2) is 7.29. The number of benzene rings is 2. The van der Waals surface area contributed by atoms with E-state index in [9.17, 15) is 14.7 Å². The first-order valence-electron chi connectivity index (χ1n) is 11.0. The van der Waals surface area contributed by atoms with Crippen LogP contribution in [0.2, 0.25) is 0 Å². The van der Waals surface area contributed by atoms with Gasteiger partial charge in [-0.05, 0) is 73.6 Å². The zero-order valence-corrected chi connectivity index (χ0v) is 18.6. The molecule has 4 aromatic rings. The van der Waals surface area contributed by atoms with E-state index in [0.29, 0.717) is 17.7 Å². The summed E-state index contributed by atoms with van der Waals surface area (Å²) in [6, 6.07) is 9.42. The topological polar surface area (TPSA) is 95.2 Å². The van der Waals surface area contributed by atoms with Crippen LogP contribution in [0, 0.1) is 19.8 Å². The molecule has 1 aliphatic carbocycles. The Morgan fingerprint density at radius 3 is 2.59 bits per heavy atom. The number of anilines is 1. The van der Waals surface area contributed by atoms with Gasteiger partial charge in [-0.25, -0.2) is 4.79 Å². The third-order valence-corrected chi connectivity index (χ3v) is 6.71. The molecule has 7 heteroatoms. The standard InChI is InChI=1S/C25H28N4O3/c1-14-8-15(2)24-17(12-27(3)22(24)9-14)13-28-19-7-6-18(26)10-21(19)29(25(28)32)20(11-23(30)31)16-4-5-16/h6-10,12,16,20H,4-5,11,13,26H2,1-3H3,(H,30,31). The molecule has 7 nitrogen and oxygen atoms in total. The minimum absolute atomic E-state index is 0.0643. The number of carboxylic acids is 1. The van der Waals surface area contributed by atoms with Crippen molar-refractivity contribution in [2.24, 2.45) is 13.0 Å². The van der Waals surface area contributed by atoms with Crippen LogP contribution in [0.4, 0.5) is 5.69 Å². The molecular weight excluding hydrogens is 404 g/mol. The fourth-order valence-electron chi connectivity index (χ4n) is 5.20. The van der Waals surface area contributed by atoms with E-state index in [4.69, 9.17) is 5.73 Å². The largest absolute Gasteiger partial charge is 0.481 e. The highest BCUT2D eigenvalue weighted by atomic mass is 16.4. The van der Waals surface area contributed by atoms with Crippen molar-refractivity contribution in [2.75, 3.05) is 5.73 Å². The van der Waals surface area contributed by atoms with Crippen LogP contribution in [-0.4, -0.2) is 24.8 Å². The number of nitrogen functional groups attached to an aromatic ring is 1. The van der Waals surface area contributed by atoms with Gasteiger partial charge in [0, 0.05) is 29.8 Å². The molecule has 5 rings (SSSR count). The van der Waals surface area contributed by atoms with Crippen molar-refractivity contribution in [3.63, 3.8) is 0 Å². The quantitative estimate of drug-likeness (QED) is 0.451. The van der Waals surface area contributed by atoms with Crippen molar-refractivity contribution >= 4 is 33.6 Å². The molecule has 32 heavy (non-hydrogen) atoms. The Hall–Kier alpha value is -3.48. The van der Waals surface area contributed by atoms with Crippen LogP contribution in [0.1, 0.15) is 42.0 Å². The average molecular weight is 433 g/mol. The predicted molar refractivity (Wildman–Crippen MR) is 126 cm³/mol. The lowest BCUT2D eigenvalue weighted by Gasteiger charge is -2.16. The second-order valence-corrected chi connectivity index (χ2v) is 9.23. The van der Waals surface area contributed by atoms with E-state index in [0.717, 1.165) is 34.8 Å². The minimum Gasteiger partial charge on any atom is -0.481 e. The first-order valence-corrected chi connectivity index (χ1v) is 11.0. The van der Waals surface area contributed by atoms with Crippen molar-refractivity contribution < 1.29 is 9.90 Å². The summed E-state index contributed by atoms with van der Waals surface area (Å²) < 4.78 is 5.55. The number of aromatic nitrogens is 3. The molecular formula is C25H28N4O3. The lowest BCUT2D eigenvalue weighted by atomic mass is 10.0. The fourth-order valence-corrected chi connectivity index (χ4v) is 5.20. The van der Waals surface area contributed by atoms with Gasteiger partial charge in [-0.15, -0.1) is 0 Å². The summed E-state index contributed by atoms with van der Waals surface area (Å²) in [5.74, 6) is -0.675. The number of fused-ring (bicyclic) bond motifs is 2.